The fraction of sp³-hybridized carbons (Fsp3) is 0.107. The Morgan fingerprint density at radius 1 is 0.914 bits per heavy atom. The summed E-state index contributed by atoms with van der Waals surface area (Å²) in [6.07, 6.45) is 6.20. The third-order valence-electron chi connectivity index (χ3n) is 5.68. The van der Waals surface area contributed by atoms with Crippen LogP contribution >= 0.6 is 0 Å². The topological polar surface area (TPSA) is 96.5 Å². The summed E-state index contributed by atoms with van der Waals surface area (Å²) < 4.78 is 1.98. The number of aryl methyl sites for hydroxylation is 1. The van der Waals surface area contributed by atoms with Gasteiger partial charge in [-0.3, -0.25) is 4.79 Å². The highest BCUT2D eigenvalue weighted by atomic mass is 16.1. The molecule has 7 heteroatoms. The van der Waals surface area contributed by atoms with E-state index >= 15 is 0 Å². The lowest BCUT2D eigenvalue weighted by Crippen LogP contribution is -2.25. The number of benzene rings is 3. The molecule has 1 amide bonds. The zero-order valence-electron chi connectivity index (χ0n) is 18.9. The quantitative estimate of drug-likeness (QED) is 0.352. The third-order valence-corrected chi connectivity index (χ3v) is 5.68. The van der Waals surface area contributed by atoms with Crippen LogP contribution in [0.15, 0.2) is 91.5 Å². The highest BCUT2D eigenvalue weighted by molar-refractivity contribution is 5.98. The van der Waals surface area contributed by atoms with Crippen molar-refractivity contribution in [2.75, 3.05) is 6.54 Å². The Morgan fingerprint density at radius 3 is 2.51 bits per heavy atom. The zero-order chi connectivity index (χ0) is 24.0. The number of carbonyl (C=O) groups is 1. The van der Waals surface area contributed by atoms with E-state index in [1.807, 2.05) is 59.3 Å². The van der Waals surface area contributed by atoms with E-state index in [-0.39, 0.29) is 5.91 Å². The van der Waals surface area contributed by atoms with Crippen molar-refractivity contribution in [1.82, 2.24) is 24.8 Å². The van der Waals surface area contributed by atoms with Crippen LogP contribution in [-0.4, -0.2) is 32.0 Å². The lowest BCUT2D eigenvalue weighted by molar-refractivity contribution is 0.0953. The summed E-state index contributed by atoms with van der Waals surface area (Å²) in [6.45, 7) is 1.34. The molecule has 5 rings (SSSR count). The van der Waals surface area contributed by atoms with Gasteiger partial charge in [-0.15, -0.1) is 0 Å². The van der Waals surface area contributed by atoms with E-state index < -0.39 is 0 Å². The first kappa shape index (κ1) is 22.0. The molecule has 1 N–H and O–H groups in total. The zero-order valence-corrected chi connectivity index (χ0v) is 18.9. The molecule has 0 bridgehead atoms. The summed E-state index contributed by atoms with van der Waals surface area (Å²) in [5, 5.41) is 12.3. The number of aromatic nitrogens is 4. The van der Waals surface area contributed by atoms with Crippen molar-refractivity contribution < 1.29 is 4.79 Å². The number of hydrogen-bond donors (Lipinski definition) is 1. The molecule has 0 unspecified atom stereocenters. The van der Waals surface area contributed by atoms with Crippen LogP contribution in [0.4, 0.5) is 0 Å². The van der Waals surface area contributed by atoms with Crippen LogP contribution in [-0.2, 0) is 6.54 Å². The lowest BCUT2D eigenvalue weighted by atomic mass is 10.0. The smallest absolute Gasteiger partial charge is 0.251 e. The maximum absolute atomic E-state index is 12.8. The maximum atomic E-state index is 12.8. The van der Waals surface area contributed by atoms with Gasteiger partial charge in [-0.2, -0.15) is 5.26 Å². The summed E-state index contributed by atoms with van der Waals surface area (Å²) in [7, 11) is 0. The van der Waals surface area contributed by atoms with Crippen molar-refractivity contribution in [2.24, 2.45) is 0 Å². The molecule has 0 atom stereocenters. The van der Waals surface area contributed by atoms with Crippen molar-refractivity contribution in [1.29, 1.82) is 5.26 Å². The second kappa shape index (κ2) is 9.98. The van der Waals surface area contributed by atoms with Gasteiger partial charge < -0.3 is 9.88 Å². The van der Waals surface area contributed by atoms with E-state index in [0.717, 1.165) is 29.8 Å². The molecule has 5 aromatic rings. The van der Waals surface area contributed by atoms with Crippen LogP contribution in [0.2, 0.25) is 0 Å². The number of hydrogen-bond acceptors (Lipinski definition) is 5. The van der Waals surface area contributed by atoms with Gasteiger partial charge in [0, 0.05) is 42.2 Å². The van der Waals surface area contributed by atoms with E-state index in [0.29, 0.717) is 34.4 Å². The Labute approximate surface area is 202 Å². The monoisotopic (exact) mass is 458 g/mol. The number of fused-ring (bicyclic) bond motifs is 1. The van der Waals surface area contributed by atoms with Gasteiger partial charge in [-0.25, -0.2) is 15.0 Å². The molecular formula is C28H22N6O. The second-order valence-corrected chi connectivity index (χ2v) is 8.09. The molecule has 0 spiro atoms. The molecule has 35 heavy (non-hydrogen) atoms. The molecule has 0 fully saturated rings. The fourth-order valence-electron chi connectivity index (χ4n) is 3.91. The molecule has 2 aromatic heterocycles. The molecule has 2 heterocycles. The number of nitrogens with one attached hydrogen (secondary N) is 1. The van der Waals surface area contributed by atoms with Crippen molar-refractivity contribution in [3.63, 3.8) is 0 Å². The molecule has 0 saturated heterocycles. The van der Waals surface area contributed by atoms with Crippen LogP contribution in [0.5, 0.6) is 0 Å². The predicted octanol–water partition coefficient (Wildman–Crippen LogP) is 4.85. The minimum atomic E-state index is -0.153. The molecule has 0 aliphatic rings. The van der Waals surface area contributed by atoms with E-state index in [4.69, 9.17) is 9.97 Å². The first-order valence-electron chi connectivity index (χ1n) is 11.3. The van der Waals surface area contributed by atoms with Crippen molar-refractivity contribution in [2.45, 2.75) is 13.0 Å². The van der Waals surface area contributed by atoms with Gasteiger partial charge in [0.15, 0.2) is 0 Å². The molecule has 170 valence electrons. The lowest BCUT2D eigenvalue weighted by Gasteiger charge is -2.12. The number of nitrogens with zero attached hydrogens (tertiary/aromatic N) is 5. The van der Waals surface area contributed by atoms with Crippen LogP contribution in [0.1, 0.15) is 22.3 Å². The van der Waals surface area contributed by atoms with E-state index in [9.17, 15) is 10.1 Å². The predicted molar refractivity (Wildman–Crippen MR) is 134 cm³/mol. The highest BCUT2D eigenvalue weighted by Crippen LogP contribution is 2.31. The first-order valence-corrected chi connectivity index (χ1v) is 11.3. The molecule has 7 nitrogen and oxygen atoms in total. The third kappa shape index (κ3) is 4.92. The Morgan fingerprint density at radius 2 is 1.71 bits per heavy atom. The van der Waals surface area contributed by atoms with E-state index in [1.165, 1.54) is 0 Å². The van der Waals surface area contributed by atoms with Crippen molar-refractivity contribution >= 4 is 16.9 Å². The largest absolute Gasteiger partial charge is 0.352 e. The van der Waals surface area contributed by atoms with Gasteiger partial charge in [-0.05, 0) is 36.8 Å². The number of amides is 1. The number of imidazole rings is 1. The van der Waals surface area contributed by atoms with E-state index in [2.05, 4.69) is 16.4 Å². The average Bonchev–Trinajstić information content (AvgIpc) is 3.44. The van der Waals surface area contributed by atoms with Gasteiger partial charge >= 0.3 is 0 Å². The molecule has 0 aliphatic heterocycles. The Balaban J connectivity index is 1.47. The minimum Gasteiger partial charge on any atom is -0.352 e. The van der Waals surface area contributed by atoms with Gasteiger partial charge in [0.2, 0.25) is 0 Å². The summed E-state index contributed by atoms with van der Waals surface area (Å²) in [4.78, 5) is 26.6. The summed E-state index contributed by atoms with van der Waals surface area (Å²) in [5.41, 5.74) is 5.51. The van der Waals surface area contributed by atoms with Gasteiger partial charge in [0.1, 0.15) is 0 Å². The average molecular weight is 459 g/mol. The van der Waals surface area contributed by atoms with E-state index in [1.54, 1.807) is 36.8 Å². The molecular weight excluding hydrogens is 436 g/mol. The molecule has 0 aliphatic carbocycles. The summed E-state index contributed by atoms with van der Waals surface area (Å²) >= 11 is 0. The van der Waals surface area contributed by atoms with Crippen LogP contribution in [0.25, 0.3) is 33.5 Å². The normalized spacial score (nSPS) is 10.7. The summed E-state index contributed by atoms with van der Waals surface area (Å²) in [5.74, 6) is -0.153. The minimum absolute atomic E-state index is 0.153. The van der Waals surface area contributed by atoms with Gasteiger partial charge in [0.05, 0.1) is 40.4 Å². The Hall–Kier alpha value is -4.83. The first-order chi connectivity index (χ1) is 17.2. The maximum Gasteiger partial charge on any atom is 0.251 e. The Bertz CT molecular complexity index is 1520. The Kier molecular flexibility index (Phi) is 6.27. The number of rotatable bonds is 7. The van der Waals surface area contributed by atoms with Crippen LogP contribution in [0.3, 0.4) is 0 Å². The van der Waals surface area contributed by atoms with Crippen molar-refractivity contribution in [3.8, 4) is 28.6 Å². The second-order valence-electron chi connectivity index (χ2n) is 8.09. The van der Waals surface area contributed by atoms with Crippen LogP contribution < -0.4 is 5.32 Å². The summed E-state index contributed by atoms with van der Waals surface area (Å²) in [6, 6.07) is 24.7. The standard InChI is InChI=1S/C28H22N6O/c29-18-20-6-4-9-22(16-20)27-26(21-7-2-1-3-8-21)32-24-11-10-23(17-25(24)33-27)28(35)31-12-5-14-34-15-13-30-19-34/h1-4,6-11,13,15-17,19H,5,12,14H2,(H,31,35). The number of carbonyl (C=O) groups excluding carboxylic acids is 1. The van der Waals surface area contributed by atoms with Crippen LogP contribution in [0, 0.1) is 11.3 Å². The molecule has 0 radical (unpaired) electrons. The van der Waals surface area contributed by atoms with Gasteiger partial charge in [0.25, 0.3) is 5.91 Å². The van der Waals surface area contributed by atoms with Crippen molar-refractivity contribution in [3.05, 3.63) is 103 Å². The highest BCUT2D eigenvalue weighted by Gasteiger charge is 2.15. The molecule has 0 saturated carbocycles. The number of nitriles is 1. The molecule has 3 aromatic carbocycles. The SMILES string of the molecule is N#Cc1cccc(-c2nc3cc(C(=O)NCCCn4ccnc4)ccc3nc2-c2ccccc2)c1. The van der Waals surface area contributed by atoms with Gasteiger partial charge in [-0.1, -0.05) is 42.5 Å². The fourth-order valence-corrected chi connectivity index (χ4v) is 3.91.